The molecule has 0 atom stereocenters. The summed E-state index contributed by atoms with van der Waals surface area (Å²) < 4.78 is 41.8. The highest BCUT2D eigenvalue weighted by Crippen LogP contribution is 2.38. The number of aliphatic carboxylic acids is 1. The molecular weight excluding hydrogens is 571 g/mol. The molecule has 0 unspecified atom stereocenters. The molecule has 1 aliphatic carbocycles. The number of rotatable bonds is 8. The van der Waals surface area contributed by atoms with Gasteiger partial charge >= 0.3 is 18.4 Å². The molecule has 1 heterocycles. The Morgan fingerprint density at radius 2 is 1.60 bits per heavy atom. The van der Waals surface area contributed by atoms with Crippen molar-refractivity contribution in [1.29, 1.82) is 0 Å². The van der Waals surface area contributed by atoms with E-state index in [1.807, 2.05) is 32.9 Å². The molecule has 1 aromatic heterocycles. The first kappa shape index (κ1) is 30.9. The molecule has 12 heteroatoms. The summed E-state index contributed by atoms with van der Waals surface area (Å²) in [6.45, 7) is 5.19. The molecule has 0 aliphatic heterocycles. The highest BCUT2D eigenvalue weighted by molar-refractivity contribution is 7.20. The zero-order chi connectivity index (χ0) is 30.6. The molecule has 3 amide bonds. The topological polar surface area (TPSA) is 108 Å². The number of anilines is 2. The summed E-state index contributed by atoms with van der Waals surface area (Å²) in [6, 6.07) is 9.69. The first-order valence-corrected chi connectivity index (χ1v) is 14.3. The minimum absolute atomic E-state index is 0.102. The van der Waals surface area contributed by atoms with Crippen molar-refractivity contribution < 1.29 is 37.4 Å². The molecule has 8 nitrogen and oxygen atoms in total. The van der Waals surface area contributed by atoms with Gasteiger partial charge in [-0.15, -0.1) is 24.5 Å². The molecule has 224 valence electrons. The number of carbonyl (C=O) groups is 3. The van der Waals surface area contributed by atoms with Gasteiger partial charge in [-0.05, 0) is 80.6 Å². The summed E-state index contributed by atoms with van der Waals surface area (Å²) in [5, 5.41) is 15.4. The Hall–Kier alpha value is -4.06. The molecule has 42 heavy (non-hydrogen) atoms. The van der Waals surface area contributed by atoms with Crippen LogP contribution < -0.4 is 15.4 Å². The van der Waals surface area contributed by atoms with Crippen LogP contribution in [0.15, 0.2) is 42.5 Å². The summed E-state index contributed by atoms with van der Waals surface area (Å²) in [6.07, 6.45) is -0.740. The van der Waals surface area contributed by atoms with Crippen LogP contribution in [0.2, 0.25) is 0 Å². The highest BCUT2D eigenvalue weighted by Gasteiger charge is 2.32. The van der Waals surface area contributed by atoms with Crippen molar-refractivity contribution in [3.05, 3.63) is 64.7 Å². The van der Waals surface area contributed by atoms with Crippen LogP contribution in [0.1, 0.15) is 59.2 Å². The van der Waals surface area contributed by atoms with Crippen molar-refractivity contribution in [1.82, 2.24) is 4.90 Å². The van der Waals surface area contributed by atoms with E-state index in [4.69, 9.17) is 0 Å². The smallest absolute Gasteiger partial charge is 0.480 e. The molecule has 0 saturated heterocycles. The fourth-order valence-electron chi connectivity index (χ4n) is 5.29. The normalized spacial score (nSPS) is 13.9. The van der Waals surface area contributed by atoms with Gasteiger partial charge < -0.3 is 20.1 Å². The number of carbonyl (C=O) groups excluding carboxylic acids is 2. The number of urea groups is 1. The number of aryl methyl sites for hydroxylation is 3. The number of carboxylic acids is 1. The zero-order valence-electron chi connectivity index (χ0n) is 23.4. The zero-order valence-corrected chi connectivity index (χ0v) is 24.2. The molecule has 1 saturated carbocycles. The average Bonchev–Trinajstić information content (AvgIpc) is 3.32. The number of alkyl halides is 3. The molecule has 3 aromatic rings. The molecule has 1 aliphatic rings. The first-order chi connectivity index (χ1) is 19.8. The summed E-state index contributed by atoms with van der Waals surface area (Å²) in [5.41, 5.74) is 3.97. The fourth-order valence-corrected chi connectivity index (χ4v) is 6.34. The van der Waals surface area contributed by atoms with Crippen molar-refractivity contribution in [3.8, 4) is 16.2 Å². The van der Waals surface area contributed by atoms with Crippen LogP contribution >= 0.6 is 11.3 Å². The van der Waals surface area contributed by atoms with Gasteiger partial charge in [0.05, 0.1) is 5.56 Å². The minimum Gasteiger partial charge on any atom is -0.480 e. The lowest BCUT2D eigenvalue weighted by Gasteiger charge is -2.33. The van der Waals surface area contributed by atoms with E-state index in [0.29, 0.717) is 29.0 Å². The third-order valence-corrected chi connectivity index (χ3v) is 8.16. The second kappa shape index (κ2) is 12.8. The van der Waals surface area contributed by atoms with Crippen LogP contribution in [0.25, 0.3) is 10.4 Å². The van der Waals surface area contributed by atoms with Gasteiger partial charge in [0, 0.05) is 16.6 Å². The van der Waals surface area contributed by atoms with E-state index in [2.05, 4.69) is 15.4 Å². The van der Waals surface area contributed by atoms with Gasteiger partial charge in [-0.3, -0.25) is 14.9 Å². The molecule has 0 radical (unpaired) electrons. The van der Waals surface area contributed by atoms with Crippen molar-refractivity contribution in [2.45, 2.75) is 65.3 Å². The van der Waals surface area contributed by atoms with E-state index in [0.717, 1.165) is 59.4 Å². The quantitative estimate of drug-likeness (QED) is 0.244. The standard InChI is InChI=1S/C30H32F3N3O5S/c1-17-13-18(2)26(19(3)14-17)34-29(40)35-27-23(28(39)36(16-25(37)38)21-7-5-4-6-8-21)15-24(42-27)20-9-11-22(12-10-20)41-30(31,32)33/h9-15,21H,4-8,16H2,1-3H3,(H,37,38)(H2,34,35,40). The third kappa shape index (κ3) is 7.81. The first-order valence-electron chi connectivity index (χ1n) is 13.5. The van der Waals surface area contributed by atoms with Gasteiger partial charge in [0.15, 0.2) is 0 Å². The van der Waals surface area contributed by atoms with E-state index < -0.39 is 36.6 Å². The van der Waals surface area contributed by atoms with E-state index >= 15 is 0 Å². The molecule has 0 spiro atoms. The molecule has 2 aromatic carbocycles. The van der Waals surface area contributed by atoms with Crippen LogP contribution in [-0.4, -0.2) is 46.9 Å². The third-order valence-electron chi connectivity index (χ3n) is 7.06. The number of ether oxygens (including phenoxy) is 1. The second-order valence-electron chi connectivity index (χ2n) is 10.4. The number of nitrogens with one attached hydrogen (secondary N) is 2. The monoisotopic (exact) mass is 603 g/mol. The van der Waals surface area contributed by atoms with Gasteiger partial charge in [-0.1, -0.05) is 37.0 Å². The molecule has 1 fully saturated rings. The predicted molar refractivity (Wildman–Crippen MR) is 155 cm³/mol. The van der Waals surface area contributed by atoms with Crippen molar-refractivity contribution in [3.63, 3.8) is 0 Å². The summed E-state index contributed by atoms with van der Waals surface area (Å²) in [4.78, 5) is 40.6. The van der Waals surface area contributed by atoms with E-state index in [9.17, 15) is 32.7 Å². The Balaban J connectivity index is 1.68. The Bertz CT molecular complexity index is 1440. The minimum atomic E-state index is -4.84. The predicted octanol–water partition coefficient (Wildman–Crippen LogP) is 7.74. The molecule has 4 rings (SSSR count). The van der Waals surface area contributed by atoms with Gasteiger partial charge in [0.2, 0.25) is 0 Å². The SMILES string of the molecule is Cc1cc(C)c(NC(=O)Nc2sc(-c3ccc(OC(F)(F)F)cc3)cc2C(=O)N(CC(=O)O)C2CCCCC2)c(C)c1. The Morgan fingerprint density at radius 1 is 0.976 bits per heavy atom. The maximum Gasteiger partial charge on any atom is 0.573 e. The van der Waals surface area contributed by atoms with Gasteiger partial charge in [0.1, 0.15) is 17.3 Å². The largest absolute Gasteiger partial charge is 0.573 e. The van der Waals surface area contributed by atoms with E-state index in [-0.39, 0.29) is 16.6 Å². The van der Waals surface area contributed by atoms with Crippen LogP contribution in [0, 0.1) is 20.8 Å². The maximum absolute atomic E-state index is 13.9. The highest BCUT2D eigenvalue weighted by atomic mass is 32.1. The van der Waals surface area contributed by atoms with Crippen LogP contribution in [0.3, 0.4) is 0 Å². The fraction of sp³-hybridized carbons (Fsp3) is 0.367. The van der Waals surface area contributed by atoms with E-state index in [1.165, 1.54) is 23.1 Å². The Morgan fingerprint density at radius 3 is 2.17 bits per heavy atom. The second-order valence-corrected chi connectivity index (χ2v) is 11.4. The van der Waals surface area contributed by atoms with Crippen LogP contribution in [0.5, 0.6) is 5.75 Å². The lowest BCUT2D eigenvalue weighted by molar-refractivity contribution is -0.274. The Kier molecular flexibility index (Phi) is 9.45. The van der Waals surface area contributed by atoms with Crippen molar-refractivity contribution >= 4 is 39.9 Å². The van der Waals surface area contributed by atoms with E-state index in [1.54, 1.807) is 0 Å². The van der Waals surface area contributed by atoms with Gasteiger partial charge in [-0.2, -0.15) is 0 Å². The maximum atomic E-state index is 13.9. The lowest BCUT2D eigenvalue weighted by Crippen LogP contribution is -2.44. The summed E-state index contributed by atoms with van der Waals surface area (Å²) in [7, 11) is 0. The lowest BCUT2D eigenvalue weighted by atomic mass is 9.93. The summed E-state index contributed by atoms with van der Waals surface area (Å²) >= 11 is 1.06. The number of thiophene rings is 1. The molecule has 0 bridgehead atoms. The number of hydrogen-bond acceptors (Lipinski definition) is 5. The number of carboxylic acid groups (broad SMARTS) is 1. The molecular formula is C30H32F3N3O5S. The van der Waals surface area contributed by atoms with Gasteiger partial charge in [0.25, 0.3) is 5.91 Å². The summed E-state index contributed by atoms with van der Waals surface area (Å²) in [5.74, 6) is -2.09. The van der Waals surface area contributed by atoms with Crippen molar-refractivity contribution in [2.24, 2.45) is 0 Å². The molecule has 3 N–H and O–H groups in total. The number of benzene rings is 2. The van der Waals surface area contributed by atoms with Crippen molar-refractivity contribution in [2.75, 3.05) is 17.2 Å². The van der Waals surface area contributed by atoms with Gasteiger partial charge in [-0.25, -0.2) is 4.79 Å². The number of hydrogen-bond donors (Lipinski definition) is 3. The van der Waals surface area contributed by atoms with Crippen LogP contribution in [0.4, 0.5) is 28.7 Å². The Labute approximate surface area is 245 Å². The average molecular weight is 604 g/mol. The number of amides is 3. The number of halogens is 3. The number of nitrogens with zero attached hydrogens (tertiary/aromatic N) is 1. The van der Waals surface area contributed by atoms with Crippen LogP contribution in [-0.2, 0) is 4.79 Å².